The molecule has 12 heteroatoms. The molecule has 1 aromatic heterocycles. The van der Waals surface area contributed by atoms with Crippen LogP contribution in [0, 0.1) is 5.92 Å². The number of H-pyrrole nitrogens is 1. The Bertz CT molecular complexity index is 982. The smallest absolute Gasteiger partial charge is 0.326 e. The first kappa shape index (κ1) is 27.5. The Hall–Kier alpha value is -3.77. The Labute approximate surface area is 202 Å². The highest BCUT2D eigenvalue weighted by atomic mass is 16.4. The van der Waals surface area contributed by atoms with Crippen LogP contribution in [0.2, 0.25) is 0 Å². The molecule has 0 spiro atoms. The van der Waals surface area contributed by atoms with Crippen molar-refractivity contribution in [2.75, 3.05) is 6.61 Å². The van der Waals surface area contributed by atoms with E-state index < -0.39 is 54.5 Å². The highest BCUT2D eigenvalue weighted by molar-refractivity contribution is 5.94. The molecule has 0 aliphatic carbocycles. The number of carboxylic acids is 1. The molecule has 8 N–H and O–H groups in total. The van der Waals surface area contributed by atoms with E-state index in [2.05, 4.69) is 25.9 Å². The molecule has 1 aromatic carbocycles. The number of imidazole rings is 1. The first-order valence-corrected chi connectivity index (χ1v) is 11.1. The van der Waals surface area contributed by atoms with Gasteiger partial charge in [-0.2, -0.15) is 0 Å². The molecular formula is C23H32N6O6. The third kappa shape index (κ3) is 8.50. The molecule has 12 nitrogen and oxygen atoms in total. The standard InChI is InChI=1S/C23H32N6O6/c1-13(2)19(29-20(31)16(24)8-14-6-4-3-5-7-14)22(33)28-18(11-30)21(32)27-17(23(34)35)9-15-10-25-12-26-15/h3-7,10,12-13,16-19,30H,8-9,11,24H2,1-2H3,(H,25,26)(H,27,32)(H,28,33)(H,29,31)(H,34,35). The number of nitrogens with zero attached hydrogens (tertiary/aromatic N) is 1. The van der Waals surface area contributed by atoms with Crippen LogP contribution in [0.1, 0.15) is 25.1 Å². The molecule has 0 fully saturated rings. The Morgan fingerprint density at radius 2 is 1.63 bits per heavy atom. The number of carbonyl (C=O) groups excluding carboxylic acids is 3. The van der Waals surface area contributed by atoms with Gasteiger partial charge in [0.2, 0.25) is 17.7 Å². The summed E-state index contributed by atoms with van der Waals surface area (Å²) in [5, 5.41) is 26.4. The molecule has 1 heterocycles. The summed E-state index contributed by atoms with van der Waals surface area (Å²) in [5.74, 6) is -3.80. The number of carboxylic acid groups (broad SMARTS) is 1. The largest absolute Gasteiger partial charge is 0.480 e. The van der Waals surface area contributed by atoms with Gasteiger partial charge in [-0.3, -0.25) is 14.4 Å². The third-order valence-electron chi connectivity index (χ3n) is 5.29. The minimum Gasteiger partial charge on any atom is -0.480 e. The summed E-state index contributed by atoms with van der Waals surface area (Å²) in [4.78, 5) is 56.2. The van der Waals surface area contributed by atoms with Crippen LogP contribution in [-0.2, 0) is 32.0 Å². The molecule has 4 atom stereocenters. The SMILES string of the molecule is CC(C)C(NC(=O)C(N)Cc1ccccc1)C(=O)NC(CO)C(=O)NC(Cc1cnc[nH]1)C(=O)O. The van der Waals surface area contributed by atoms with E-state index in [9.17, 15) is 29.4 Å². The Morgan fingerprint density at radius 3 is 2.17 bits per heavy atom. The van der Waals surface area contributed by atoms with Crippen molar-refractivity contribution in [1.82, 2.24) is 25.9 Å². The molecular weight excluding hydrogens is 456 g/mol. The molecule has 2 aromatic rings. The van der Waals surface area contributed by atoms with Crippen LogP contribution >= 0.6 is 0 Å². The second-order valence-electron chi connectivity index (χ2n) is 8.45. The van der Waals surface area contributed by atoms with Gasteiger partial charge in [-0.05, 0) is 17.9 Å². The number of aliphatic hydroxyl groups is 1. The molecule has 0 aliphatic rings. The second kappa shape index (κ2) is 13.2. The van der Waals surface area contributed by atoms with E-state index in [0.717, 1.165) is 5.56 Å². The minimum absolute atomic E-state index is 0.0723. The Kier molecular flexibility index (Phi) is 10.4. The molecule has 4 unspecified atom stereocenters. The molecule has 2 rings (SSSR count). The van der Waals surface area contributed by atoms with Crippen molar-refractivity contribution in [3.63, 3.8) is 0 Å². The van der Waals surface area contributed by atoms with Crippen LogP contribution in [0.15, 0.2) is 42.9 Å². The zero-order chi connectivity index (χ0) is 26.0. The molecule has 0 saturated carbocycles. The van der Waals surface area contributed by atoms with E-state index in [4.69, 9.17) is 5.73 Å². The van der Waals surface area contributed by atoms with E-state index in [1.165, 1.54) is 12.5 Å². The number of aromatic amines is 1. The zero-order valence-electron chi connectivity index (χ0n) is 19.6. The van der Waals surface area contributed by atoms with E-state index in [1.54, 1.807) is 13.8 Å². The number of amides is 3. The van der Waals surface area contributed by atoms with Crippen molar-refractivity contribution in [1.29, 1.82) is 0 Å². The predicted octanol–water partition coefficient (Wildman–Crippen LogP) is -1.29. The third-order valence-corrected chi connectivity index (χ3v) is 5.29. The van der Waals surface area contributed by atoms with E-state index in [0.29, 0.717) is 5.69 Å². The fraction of sp³-hybridized carbons (Fsp3) is 0.435. The van der Waals surface area contributed by atoms with Crippen LogP contribution in [0.4, 0.5) is 0 Å². The lowest BCUT2D eigenvalue weighted by atomic mass is 10.0. The molecule has 0 radical (unpaired) electrons. The molecule has 0 saturated heterocycles. The lowest BCUT2D eigenvalue weighted by Gasteiger charge is -2.26. The van der Waals surface area contributed by atoms with Gasteiger partial charge in [0.25, 0.3) is 0 Å². The van der Waals surface area contributed by atoms with Gasteiger partial charge in [0, 0.05) is 18.3 Å². The summed E-state index contributed by atoms with van der Waals surface area (Å²) in [6, 6.07) is 4.49. The average molecular weight is 489 g/mol. The van der Waals surface area contributed by atoms with Crippen molar-refractivity contribution < 1.29 is 29.4 Å². The summed E-state index contributed by atoms with van der Waals surface area (Å²) in [7, 11) is 0. The normalized spacial score (nSPS) is 14.4. The van der Waals surface area contributed by atoms with Crippen molar-refractivity contribution in [2.45, 2.75) is 50.9 Å². The van der Waals surface area contributed by atoms with E-state index in [1.807, 2.05) is 30.3 Å². The molecule has 0 aliphatic heterocycles. The number of hydrogen-bond donors (Lipinski definition) is 7. The Balaban J connectivity index is 1.99. The monoisotopic (exact) mass is 488 g/mol. The summed E-state index contributed by atoms with van der Waals surface area (Å²) in [5.41, 5.74) is 7.35. The number of rotatable bonds is 13. The maximum atomic E-state index is 12.9. The van der Waals surface area contributed by atoms with Crippen LogP contribution in [0.25, 0.3) is 0 Å². The fourth-order valence-electron chi connectivity index (χ4n) is 3.30. The van der Waals surface area contributed by atoms with Gasteiger partial charge < -0.3 is 36.9 Å². The second-order valence-corrected chi connectivity index (χ2v) is 8.45. The van der Waals surface area contributed by atoms with Crippen molar-refractivity contribution in [2.24, 2.45) is 11.7 Å². The number of carbonyl (C=O) groups is 4. The average Bonchev–Trinajstić information content (AvgIpc) is 3.33. The highest BCUT2D eigenvalue weighted by Crippen LogP contribution is 2.06. The highest BCUT2D eigenvalue weighted by Gasteiger charge is 2.31. The maximum absolute atomic E-state index is 12.9. The maximum Gasteiger partial charge on any atom is 0.326 e. The van der Waals surface area contributed by atoms with Gasteiger partial charge in [-0.15, -0.1) is 0 Å². The molecule has 3 amide bonds. The number of nitrogens with one attached hydrogen (secondary N) is 4. The van der Waals surface area contributed by atoms with Gasteiger partial charge in [-0.1, -0.05) is 44.2 Å². The summed E-state index contributed by atoms with van der Waals surface area (Å²) >= 11 is 0. The fourth-order valence-corrected chi connectivity index (χ4v) is 3.30. The van der Waals surface area contributed by atoms with Crippen molar-refractivity contribution in [3.05, 3.63) is 54.1 Å². The quantitative estimate of drug-likeness (QED) is 0.180. The van der Waals surface area contributed by atoms with Crippen LogP contribution in [0.5, 0.6) is 0 Å². The lowest BCUT2D eigenvalue weighted by Crippen LogP contribution is -2.59. The summed E-state index contributed by atoms with van der Waals surface area (Å²) in [6.45, 7) is 2.62. The first-order valence-electron chi connectivity index (χ1n) is 11.1. The van der Waals surface area contributed by atoms with E-state index in [-0.39, 0.29) is 18.8 Å². The van der Waals surface area contributed by atoms with Crippen molar-refractivity contribution in [3.8, 4) is 0 Å². The lowest BCUT2D eigenvalue weighted by molar-refractivity contribution is -0.142. The van der Waals surface area contributed by atoms with Crippen LogP contribution in [-0.4, -0.2) is 74.6 Å². The molecule has 0 bridgehead atoms. The van der Waals surface area contributed by atoms with Crippen molar-refractivity contribution >= 4 is 23.7 Å². The van der Waals surface area contributed by atoms with Gasteiger partial charge in [-0.25, -0.2) is 9.78 Å². The summed E-state index contributed by atoms with van der Waals surface area (Å²) < 4.78 is 0. The number of aliphatic carboxylic acids is 1. The molecule has 190 valence electrons. The number of aromatic nitrogens is 2. The molecule has 35 heavy (non-hydrogen) atoms. The Morgan fingerprint density at radius 1 is 0.971 bits per heavy atom. The van der Waals surface area contributed by atoms with Gasteiger partial charge in [0.05, 0.1) is 19.0 Å². The number of hydrogen-bond acceptors (Lipinski definition) is 7. The number of aliphatic hydroxyl groups excluding tert-OH is 1. The zero-order valence-corrected chi connectivity index (χ0v) is 19.6. The first-order chi connectivity index (χ1) is 16.6. The number of benzene rings is 1. The number of nitrogens with two attached hydrogens (primary N) is 1. The topological polar surface area (TPSA) is 200 Å². The van der Waals surface area contributed by atoms with Crippen LogP contribution < -0.4 is 21.7 Å². The minimum atomic E-state index is -1.43. The van der Waals surface area contributed by atoms with Gasteiger partial charge >= 0.3 is 5.97 Å². The van der Waals surface area contributed by atoms with Gasteiger partial charge in [0.15, 0.2) is 0 Å². The van der Waals surface area contributed by atoms with Gasteiger partial charge in [0.1, 0.15) is 18.1 Å². The predicted molar refractivity (Wildman–Crippen MR) is 126 cm³/mol. The van der Waals surface area contributed by atoms with Crippen LogP contribution in [0.3, 0.4) is 0 Å². The van der Waals surface area contributed by atoms with E-state index >= 15 is 0 Å². The summed E-state index contributed by atoms with van der Waals surface area (Å²) in [6.07, 6.45) is 3.00.